The molecule has 1 amide bonds. The monoisotopic (exact) mass is 466 g/mol. The van der Waals surface area contributed by atoms with E-state index in [1.807, 2.05) is 0 Å². The van der Waals surface area contributed by atoms with E-state index in [2.05, 4.69) is 65.0 Å². The Balaban J connectivity index is 0.00000243. The quantitative estimate of drug-likeness (QED) is 0.404. The molecule has 0 bridgehead atoms. The summed E-state index contributed by atoms with van der Waals surface area (Å²) in [6.07, 6.45) is 2.32. The van der Waals surface area contributed by atoms with Crippen LogP contribution in [0.4, 0.5) is 0 Å². The first kappa shape index (κ1) is 20.5. The Labute approximate surface area is 172 Å². The maximum atomic E-state index is 11.8. The van der Waals surface area contributed by atoms with Gasteiger partial charge in [-0.05, 0) is 36.1 Å². The number of hydrogen-bond donors (Lipinski definition) is 2. The number of nitrogens with one attached hydrogen (secondary N) is 2. The van der Waals surface area contributed by atoms with E-state index in [4.69, 9.17) is 0 Å². The number of aliphatic imine (C=N–C) groups is 1. The first-order chi connectivity index (χ1) is 12.0. The molecular weight excluding hydrogens is 439 g/mol. The lowest BCUT2D eigenvalue weighted by Gasteiger charge is -2.20. The molecule has 0 heterocycles. The normalized spacial score (nSPS) is 15.1. The summed E-state index contributed by atoms with van der Waals surface area (Å²) in [6, 6.07) is 15.3. The summed E-state index contributed by atoms with van der Waals surface area (Å²) in [5, 5.41) is 9.32. The molecular formula is C20H27IN4O. The lowest BCUT2D eigenvalue weighted by molar-refractivity contribution is -0.127. The molecule has 1 aliphatic rings. The van der Waals surface area contributed by atoms with Gasteiger partial charge in [0.2, 0.25) is 5.91 Å². The van der Waals surface area contributed by atoms with Crippen LogP contribution >= 0.6 is 24.0 Å². The summed E-state index contributed by atoms with van der Waals surface area (Å²) < 4.78 is 0. The average Bonchev–Trinajstić information content (AvgIpc) is 3.42. The molecule has 1 fully saturated rings. The van der Waals surface area contributed by atoms with Crippen LogP contribution in [0.3, 0.4) is 0 Å². The Kier molecular flexibility index (Phi) is 7.25. The van der Waals surface area contributed by atoms with E-state index in [-0.39, 0.29) is 42.5 Å². The van der Waals surface area contributed by atoms with Gasteiger partial charge in [-0.1, -0.05) is 42.5 Å². The van der Waals surface area contributed by atoms with Crippen LogP contribution in [-0.2, 0) is 4.79 Å². The first-order valence-electron chi connectivity index (χ1n) is 8.80. The molecule has 1 aliphatic carbocycles. The summed E-state index contributed by atoms with van der Waals surface area (Å²) in [5.41, 5.74) is 1.22. The molecule has 2 aromatic rings. The number of carbonyl (C=O) groups excluding carboxylic acids is 1. The van der Waals surface area contributed by atoms with Crippen molar-refractivity contribution in [2.75, 3.05) is 20.6 Å². The fourth-order valence-electron chi connectivity index (χ4n) is 2.75. The molecule has 5 nitrogen and oxygen atoms in total. The summed E-state index contributed by atoms with van der Waals surface area (Å²) in [7, 11) is 3.50. The molecule has 6 heteroatoms. The van der Waals surface area contributed by atoms with E-state index in [9.17, 15) is 4.79 Å². The molecule has 0 spiro atoms. The van der Waals surface area contributed by atoms with Crippen molar-refractivity contribution in [3.05, 3.63) is 48.0 Å². The lowest BCUT2D eigenvalue weighted by atomic mass is 10.00. The topological polar surface area (TPSA) is 56.7 Å². The van der Waals surface area contributed by atoms with Gasteiger partial charge >= 0.3 is 0 Å². The number of fused-ring (bicyclic) bond motifs is 1. The van der Waals surface area contributed by atoms with E-state index < -0.39 is 0 Å². The molecule has 3 rings (SSSR count). The van der Waals surface area contributed by atoms with Gasteiger partial charge in [0.1, 0.15) is 6.54 Å². The van der Waals surface area contributed by atoms with E-state index >= 15 is 0 Å². The standard InChI is InChI=1S/C20H26N4O.HI/c1-14(17-10-6-8-15-7-4-5-9-18(15)17)22-20(23-16-11-12-16)21-13-19(25)24(2)3;/h4-10,14,16H,11-13H2,1-3H3,(H2,21,22,23);1H. The SMILES string of the molecule is CC(NC(=NCC(=O)N(C)C)NC1CC1)c1cccc2ccccc12.I. The molecule has 2 N–H and O–H groups in total. The molecule has 26 heavy (non-hydrogen) atoms. The third kappa shape index (κ3) is 5.33. The van der Waals surface area contributed by atoms with Crippen molar-refractivity contribution < 1.29 is 4.79 Å². The third-order valence-electron chi connectivity index (χ3n) is 4.43. The largest absolute Gasteiger partial charge is 0.354 e. The van der Waals surface area contributed by atoms with Crippen molar-refractivity contribution in [1.29, 1.82) is 0 Å². The maximum Gasteiger partial charge on any atom is 0.243 e. The smallest absolute Gasteiger partial charge is 0.243 e. The third-order valence-corrected chi connectivity index (χ3v) is 4.43. The summed E-state index contributed by atoms with van der Waals surface area (Å²) >= 11 is 0. The highest BCUT2D eigenvalue weighted by Gasteiger charge is 2.23. The molecule has 0 aliphatic heterocycles. The molecule has 1 unspecified atom stereocenters. The van der Waals surface area contributed by atoms with Crippen LogP contribution in [0.5, 0.6) is 0 Å². The van der Waals surface area contributed by atoms with Crippen LogP contribution in [0.25, 0.3) is 10.8 Å². The van der Waals surface area contributed by atoms with Gasteiger partial charge in [-0.3, -0.25) is 4.79 Å². The molecule has 0 radical (unpaired) electrons. The number of halogens is 1. The van der Waals surface area contributed by atoms with Gasteiger partial charge in [-0.15, -0.1) is 24.0 Å². The van der Waals surface area contributed by atoms with Crippen molar-refractivity contribution in [3.8, 4) is 0 Å². The number of nitrogens with zero attached hydrogens (tertiary/aromatic N) is 2. The highest BCUT2D eigenvalue weighted by molar-refractivity contribution is 14.0. The summed E-state index contributed by atoms with van der Waals surface area (Å²) in [4.78, 5) is 17.9. The van der Waals surface area contributed by atoms with E-state index in [0.29, 0.717) is 12.0 Å². The van der Waals surface area contributed by atoms with Gasteiger partial charge < -0.3 is 15.5 Å². The molecule has 140 valence electrons. The Bertz CT molecular complexity index is 781. The number of benzene rings is 2. The van der Waals surface area contributed by atoms with Crippen molar-refractivity contribution in [2.24, 2.45) is 4.99 Å². The lowest BCUT2D eigenvalue weighted by Crippen LogP contribution is -2.41. The Morgan fingerprint density at radius 3 is 2.58 bits per heavy atom. The fourth-order valence-corrected chi connectivity index (χ4v) is 2.75. The van der Waals surface area contributed by atoms with Crippen molar-refractivity contribution >= 4 is 46.6 Å². The highest BCUT2D eigenvalue weighted by atomic mass is 127. The Morgan fingerprint density at radius 1 is 1.19 bits per heavy atom. The zero-order valence-corrected chi connectivity index (χ0v) is 17.9. The molecule has 0 saturated heterocycles. The van der Waals surface area contributed by atoms with Crippen LogP contribution in [-0.4, -0.2) is 43.4 Å². The van der Waals surface area contributed by atoms with Gasteiger partial charge in [-0.25, -0.2) is 4.99 Å². The number of guanidine groups is 1. The Hall–Kier alpha value is -1.83. The highest BCUT2D eigenvalue weighted by Crippen LogP contribution is 2.24. The summed E-state index contributed by atoms with van der Waals surface area (Å²) in [6.45, 7) is 2.27. The first-order valence-corrected chi connectivity index (χ1v) is 8.80. The van der Waals surface area contributed by atoms with Crippen molar-refractivity contribution in [3.63, 3.8) is 0 Å². The van der Waals surface area contributed by atoms with Crippen LogP contribution in [0, 0.1) is 0 Å². The van der Waals surface area contributed by atoms with Gasteiger partial charge in [-0.2, -0.15) is 0 Å². The van der Waals surface area contributed by atoms with Crippen molar-refractivity contribution in [2.45, 2.75) is 31.8 Å². The predicted molar refractivity (Wildman–Crippen MR) is 118 cm³/mol. The average molecular weight is 466 g/mol. The predicted octanol–water partition coefficient (Wildman–Crippen LogP) is 3.30. The minimum atomic E-state index is -0.00490. The van der Waals surface area contributed by atoms with Gasteiger partial charge in [0, 0.05) is 20.1 Å². The van der Waals surface area contributed by atoms with Gasteiger partial charge in [0.15, 0.2) is 5.96 Å². The minimum absolute atomic E-state index is 0. The van der Waals surface area contributed by atoms with Crippen LogP contribution < -0.4 is 10.6 Å². The number of hydrogen-bond acceptors (Lipinski definition) is 2. The van der Waals surface area contributed by atoms with Crippen LogP contribution in [0.2, 0.25) is 0 Å². The second kappa shape index (κ2) is 9.21. The zero-order chi connectivity index (χ0) is 17.8. The zero-order valence-electron chi connectivity index (χ0n) is 15.5. The fraction of sp³-hybridized carbons (Fsp3) is 0.400. The van der Waals surface area contributed by atoms with Gasteiger partial charge in [0.05, 0.1) is 6.04 Å². The Morgan fingerprint density at radius 2 is 1.88 bits per heavy atom. The van der Waals surface area contributed by atoms with E-state index in [1.165, 1.54) is 16.3 Å². The molecule has 1 atom stereocenters. The van der Waals surface area contributed by atoms with Crippen LogP contribution in [0.1, 0.15) is 31.4 Å². The maximum absolute atomic E-state index is 11.8. The minimum Gasteiger partial charge on any atom is -0.354 e. The molecule has 0 aromatic heterocycles. The van der Waals surface area contributed by atoms with E-state index in [1.54, 1.807) is 19.0 Å². The number of carbonyl (C=O) groups is 1. The molecule has 1 saturated carbocycles. The van der Waals surface area contributed by atoms with Crippen molar-refractivity contribution in [1.82, 2.24) is 15.5 Å². The van der Waals surface area contributed by atoms with E-state index in [0.717, 1.165) is 12.8 Å². The second-order valence-electron chi connectivity index (χ2n) is 6.81. The molecule has 2 aromatic carbocycles. The number of rotatable bonds is 5. The van der Waals surface area contributed by atoms with Gasteiger partial charge in [0.25, 0.3) is 0 Å². The second-order valence-corrected chi connectivity index (χ2v) is 6.81. The summed E-state index contributed by atoms with van der Waals surface area (Å²) in [5.74, 6) is 0.702. The number of likely N-dealkylation sites (N-methyl/N-ethyl adjacent to an activating group) is 1. The number of amides is 1. The van der Waals surface area contributed by atoms with Crippen LogP contribution in [0.15, 0.2) is 47.5 Å².